The van der Waals surface area contributed by atoms with Crippen LogP contribution in [0.5, 0.6) is 0 Å². The van der Waals surface area contributed by atoms with Crippen LogP contribution in [0.25, 0.3) is 0 Å². The molecule has 0 spiro atoms. The van der Waals surface area contributed by atoms with E-state index in [0.717, 1.165) is 5.82 Å². The first-order valence-electron chi connectivity index (χ1n) is 8.95. The minimum absolute atomic E-state index is 0.0945. The summed E-state index contributed by atoms with van der Waals surface area (Å²) in [5, 5.41) is 13.9. The fourth-order valence-corrected chi connectivity index (χ4v) is 2.85. The highest BCUT2D eigenvalue weighted by molar-refractivity contribution is 5.50. The molecule has 1 atom stereocenters. The monoisotopic (exact) mass is 349 g/mol. The van der Waals surface area contributed by atoms with Crippen LogP contribution in [-0.4, -0.2) is 25.1 Å². The van der Waals surface area contributed by atoms with Crippen LogP contribution in [0, 0.1) is 13.8 Å². The predicted octanol–water partition coefficient (Wildman–Crippen LogP) is 4.01. The fourth-order valence-electron chi connectivity index (χ4n) is 2.85. The van der Waals surface area contributed by atoms with Gasteiger partial charge in [-0.25, -0.2) is 0 Å². The van der Waals surface area contributed by atoms with E-state index in [9.17, 15) is 0 Å². The second kappa shape index (κ2) is 6.74. The Labute approximate surface area is 152 Å². The molecule has 1 aliphatic carbocycles. The van der Waals surface area contributed by atoms with Crippen molar-refractivity contribution >= 4 is 17.7 Å². The number of nitrogens with zero attached hydrogens (tertiary/aromatic N) is 4. The highest BCUT2D eigenvalue weighted by atomic mass is 15.3. The van der Waals surface area contributed by atoms with Crippen molar-refractivity contribution in [1.29, 1.82) is 0 Å². The van der Waals surface area contributed by atoms with Crippen molar-refractivity contribution in [2.45, 2.75) is 45.6 Å². The predicted molar refractivity (Wildman–Crippen MR) is 102 cm³/mol. The van der Waals surface area contributed by atoms with Gasteiger partial charge < -0.3 is 10.6 Å². The van der Waals surface area contributed by atoms with E-state index < -0.39 is 0 Å². The summed E-state index contributed by atoms with van der Waals surface area (Å²) in [6.07, 6.45) is 2.47. The zero-order valence-corrected chi connectivity index (χ0v) is 15.2. The molecule has 134 valence electrons. The summed E-state index contributed by atoms with van der Waals surface area (Å²) >= 11 is 0. The van der Waals surface area contributed by atoms with Crippen LogP contribution >= 0.6 is 0 Å². The lowest BCUT2D eigenvalue weighted by Gasteiger charge is -2.15. The van der Waals surface area contributed by atoms with E-state index in [2.05, 4.69) is 73.9 Å². The summed E-state index contributed by atoms with van der Waals surface area (Å²) in [6, 6.07) is 10.6. The van der Waals surface area contributed by atoms with Crippen molar-refractivity contribution in [3.63, 3.8) is 0 Å². The normalized spacial score (nSPS) is 14.9. The number of hydrogen-bond acceptors (Lipinski definition) is 6. The molecule has 1 aliphatic rings. The molecule has 26 heavy (non-hydrogen) atoms. The van der Waals surface area contributed by atoms with Crippen molar-refractivity contribution in [3.8, 4) is 0 Å². The number of aromatic nitrogens is 5. The van der Waals surface area contributed by atoms with E-state index in [-0.39, 0.29) is 6.04 Å². The van der Waals surface area contributed by atoms with Crippen LogP contribution in [0.4, 0.5) is 17.7 Å². The molecule has 2 aromatic heterocycles. The molecule has 3 aromatic rings. The van der Waals surface area contributed by atoms with Gasteiger partial charge in [0.25, 0.3) is 0 Å². The Morgan fingerprint density at radius 2 is 1.77 bits per heavy atom. The maximum absolute atomic E-state index is 4.48. The van der Waals surface area contributed by atoms with Crippen molar-refractivity contribution in [1.82, 2.24) is 25.1 Å². The van der Waals surface area contributed by atoms with Gasteiger partial charge in [0.2, 0.25) is 11.9 Å². The van der Waals surface area contributed by atoms with Gasteiger partial charge in [-0.3, -0.25) is 5.10 Å². The van der Waals surface area contributed by atoms with Gasteiger partial charge in [0.15, 0.2) is 5.82 Å². The van der Waals surface area contributed by atoms with Crippen LogP contribution in [0.1, 0.15) is 54.4 Å². The molecule has 1 fully saturated rings. The van der Waals surface area contributed by atoms with Gasteiger partial charge >= 0.3 is 0 Å². The van der Waals surface area contributed by atoms with Crippen molar-refractivity contribution < 1.29 is 0 Å². The molecule has 7 nitrogen and oxygen atoms in total. The molecule has 0 amide bonds. The topological polar surface area (TPSA) is 91.4 Å². The number of H-pyrrole nitrogens is 1. The molecule has 4 rings (SSSR count). The van der Waals surface area contributed by atoms with E-state index in [1.165, 1.54) is 29.7 Å². The van der Waals surface area contributed by atoms with Crippen molar-refractivity contribution in [2.24, 2.45) is 0 Å². The molecule has 3 N–H and O–H groups in total. The number of nitrogens with one attached hydrogen (secondary N) is 3. The minimum Gasteiger partial charge on any atom is -0.348 e. The molecule has 7 heteroatoms. The van der Waals surface area contributed by atoms with E-state index in [1.807, 2.05) is 13.0 Å². The summed E-state index contributed by atoms with van der Waals surface area (Å²) < 4.78 is 0. The third-order valence-electron chi connectivity index (χ3n) is 4.52. The third kappa shape index (κ3) is 3.82. The lowest BCUT2D eigenvalue weighted by molar-refractivity contribution is 0.846. The number of aryl methyl sites for hydroxylation is 2. The van der Waals surface area contributed by atoms with E-state index in [1.54, 1.807) is 0 Å². The molecule has 1 unspecified atom stereocenters. The second-order valence-electron chi connectivity index (χ2n) is 6.91. The Balaban J connectivity index is 1.48. The minimum atomic E-state index is 0.0945. The van der Waals surface area contributed by atoms with Crippen molar-refractivity contribution in [3.05, 3.63) is 53.0 Å². The van der Waals surface area contributed by atoms with Gasteiger partial charge in [-0.1, -0.05) is 29.8 Å². The Bertz CT molecular complexity index is 897. The number of anilines is 3. The van der Waals surface area contributed by atoms with E-state index >= 15 is 0 Å². The van der Waals surface area contributed by atoms with E-state index in [0.29, 0.717) is 23.6 Å². The number of rotatable bonds is 6. The zero-order chi connectivity index (χ0) is 18.1. The molecule has 1 aromatic carbocycles. The van der Waals surface area contributed by atoms with Crippen LogP contribution in [0.2, 0.25) is 0 Å². The standard InChI is InChI=1S/C19H23N7/c1-11-4-6-14(7-5-11)12(2)20-18-21-13(3)22-19(24-18)23-17-10-16(25-26-17)15-8-9-15/h4-7,10,12,15H,8-9H2,1-3H3,(H3,20,21,22,23,24,25,26). The van der Waals surface area contributed by atoms with Gasteiger partial charge in [0, 0.05) is 17.7 Å². The van der Waals surface area contributed by atoms with Crippen LogP contribution in [0.3, 0.4) is 0 Å². The Morgan fingerprint density at radius 3 is 2.50 bits per heavy atom. The first kappa shape index (κ1) is 16.5. The SMILES string of the molecule is Cc1ccc(C(C)Nc2nc(C)nc(Nc3cc(C4CC4)[nH]n3)n2)cc1. The average molecular weight is 349 g/mol. The molecule has 0 radical (unpaired) electrons. The zero-order valence-electron chi connectivity index (χ0n) is 15.2. The average Bonchev–Trinajstić information content (AvgIpc) is 3.35. The van der Waals surface area contributed by atoms with Crippen LogP contribution < -0.4 is 10.6 Å². The van der Waals surface area contributed by atoms with Crippen molar-refractivity contribution in [2.75, 3.05) is 10.6 Å². The Kier molecular flexibility index (Phi) is 4.28. The maximum Gasteiger partial charge on any atom is 0.233 e. The van der Waals surface area contributed by atoms with Gasteiger partial charge in [0.1, 0.15) is 5.82 Å². The lowest BCUT2D eigenvalue weighted by Crippen LogP contribution is -2.12. The van der Waals surface area contributed by atoms with Gasteiger partial charge in [-0.2, -0.15) is 20.1 Å². The molecular weight excluding hydrogens is 326 g/mol. The quantitative estimate of drug-likeness (QED) is 0.623. The first-order chi connectivity index (χ1) is 12.6. The molecule has 0 aliphatic heterocycles. The summed E-state index contributed by atoms with van der Waals surface area (Å²) in [7, 11) is 0. The molecular formula is C19H23N7. The third-order valence-corrected chi connectivity index (χ3v) is 4.52. The van der Waals surface area contributed by atoms with E-state index in [4.69, 9.17) is 0 Å². The van der Waals surface area contributed by atoms with Gasteiger partial charge in [0.05, 0.1) is 6.04 Å². The Morgan fingerprint density at radius 1 is 1.04 bits per heavy atom. The second-order valence-corrected chi connectivity index (χ2v) is 6.91. The highest BCUT2D eigenvalue weighted by Crippen LogP contribution is 2.39. The Hall–Kier alpha value is -2.96. The molecule has 1 saturated carbocycles. The number of aromatic amines is 1. The molecule has 2 heterocycles. The number of hydrogen-bond donors (Lipinski definition) is 3. The van der Waals surface area contributed by atoms with Gasteiger partial charge in [-0.15, -0.1) is 0 Å². The largest absolute Gasteiger partial charge is 0.348 e. The summed E-state index contributed by atoms with van der Waals surface area (Å²) in [5.41, 5.74) is 3.60. The smallest absolute Gasteiger partial charge is 0.233 e. The lowest BCUT2D eigenvalue weighted by atomic mass is 10.1. The highest BCUT2D eigenvalue weighted by Gasteiger charge is 2.25. The van der Waals surface area contributed by atoms with Gasteiger partial charge in [-0.05, 0) is 39.2 Å². The summed E-state index contributed by atoms with van der Waals surface area (Å²) in [4.78, 5) is 13.2. The van der Waals surface area contributed by atoms with Crippen LogP contribution in [-0.2, 0) is 0 Å². The maximum atomic E-state index is 4.48. The van der Waals surface area contributed by atoms with Crippen LogP contribution in [0.15, 0.2) is 30.3 Å². The summed E-state index contributed by atoms with van der Waals surface area (Å²) in [6.45, 7) is 6.03. The first-order valence-corrected chi connectivity index (χ1v) is 8.95. The fraction of sp³-hybridized carbons (Fsp3) is 0.368. The molecule has 0 bridgehead atoms. The summed E-state index contributed by atoms with van der Waals surface area (Å²) in [5.74, 6) is 3.05. The number of benzene rings is 1. The molecule has 0 saturated heterocycles.